The summed E-state index contributed by atoms with van der Waals surface area (Å²) in [6.45, 7) is 10.8. The first-order chi connectivity index (χ1) is 27.3. The molecule has 5 atom stereocenters. The number of likely N-dealkylation sites (tertiary alicyclic amines) is 2. The predicted octanol–water partition coefficient (Wildman–Crippen LogP) is 5.42. The van der Waals surface area contributed by atoms with Gasteiger partial charge in [0, 0.05) is 36.6 Å². The van der Waals surface area contributed by atoms with E-state index in [9.17, 15) is 19.2 Å². The van der Waals surface area contributed by atoms with E-state index in [2.05, 4.69) is 51.2 Å². The third-order valence-corrected chi connectivity index (χ3v) is 10.4. The molecule has 0 unspecified atom stereocenters. The maximum atomic E-state index is 13.6. The smallest absolute Gasteiger partial charge is 0.407 e. The number of amides is 4. The van der Waals surface area contributed by atoms with E-state index in [1.54, 1.807) is 22.2 Å². The van der Waals surface area contributed by atoms with Crippen LogP contribution in [0.3, 0.4) is 0 Å². The van der Waals surface area contributed by atoms with Crippen LogP contribution in [0.2, 0.25) is 0 Å². The van der Waals surface area contributed by atoms with Crippen molar-refractivity contribution in [3.63, 3.8) is 0 Å². The Morgan fingerprint density at radius 1 is 0.737 bits per heavy atom. The Morgan fingerprint density at radius 3 is 1.72 bits per heavy atom. The van der Waals surface area contributed by atoms with Gasteiger partial charge in [-0.05, 0) is 83.9 Å². The first kappa shape index (κ1) is 40.4. The van der Waals surface area contributed by atoms with Crippen LogP contribution in [-0.4, -0.2) is 93.1 Å². The van der Waals surface area contributed by atoms with Crippen LogP contribution in [0.1, 0.15) is 100 Å². The molecule has 6 rings (SSSR count). The molecule has 2 saturated heterocycles. The zero-order chi connectivity index (χ0) is 40.8. The molecule has 2 fully saturated rings. The SMILES string of the molecule is COC(=O)N[C@H](C(=O)N1CCC[C@H]1c1nc(C#Cc2ccc3cc(C#Cc4c[nH]c([C@@H]5C[C@H](C)CN5C(=O)[C@@H](NC(=O)OC)C(C)C)n4)ccc3c2)c[nH]1)C(C)C. The van der Waals surface area contributed by atoms with Crippen LogP contribution >= 0.6 is 0 Å². The molecule has 14 heteroatoms. The number of benzene rings is 2. The largest absolute Gasteiger partial charge is 0.453 e. The summed E-state index contributed by atoms with van der Waals surface area (Å²) in [5.41, 5.74) is 2.80. The lowest BCUT2D eigenvalue weighted by molar-refractivity contribution is -0.136. The molecule has 2 aliphatic heterocycles. The van der Waals surface area contributed by atoms with Gasteiger partial charge < -0.3 is 39.9 Å². The van der Waals surface area contributed by atoms with Crippen LogP contribution in [0.25, 0.3) is 10.8 Å². The number of hydrogen-bond donors (Lipinski definition) is 4. The number of hydrogen-bond acceptors (Lipinski definition) is 8. The summed E-state index contributed by atoms with van der Waals surface area (Å²) in [7, 11) is 2.56. The van der Waals surface area contributed by atoms with Crippen molar-refractivity contribution < 1.29 is 28.7 Å². The van der Waals surface area contributed by atoms with E-state index >= 15 is 0 Å². The third-order valence-electron chi connectivity index (χ3n) is 10.4. The molecule has 57 heavy (non-hydrogen) atoms. The molecular weight excluding hydrogens is 725 g/mol. The summed E-state index contributed by atoms with van der Waals surface area (Å²) in [5.74, 6) is 13.8. The number of methoxy groups -OCH3 is 2. The highest BCUT2D eigenvalue weighted by Gasteiger charge is 2.40. The molecule has 0 saturated carbocycles. The molecule has 14 nitrogen and oxygen atoms in total. The van der Waals surface area contributed by atoms with Gasteiger partial charge in [-0.15, -0.1) is 0 Å². The summed E-state index contributed by atoms with van der Waals surface area (Å²) in [4.78, 5) is 70.4. The molecule has 2 aromatic carbocycles. The minimum atomic E-state index is -0.712. The molecule has 298 valence electrons. The number of carbonyl (C=O) groups is 4. The van der Waals surface area contributed by atoms with Gasteiger partial charge in [0.15, 0.2) is 0 Å². The van der Waals surface area contributed by atoms with Crippen LogP contribution in [0.4, 0.5) is 9.59 Å². The Bertz CT molecular complexity index is 2250. The highest BCUT2D eigenvalue weighted by molar-refractivity contribution is 5.87. The molecule has 2 aliphatic rings. The molecule has 4 aromatic rings. The van der Waals surface area contributed by atoms with Crippen LogP contribution in [0.5, 0.6) is 0 Å². The summed E-state index contributed by atoms with van der Waals surface area (Å²) < 4.78 is 9.49. The van der Waals surface area contributed by atoms with Gasteiger partial charge in [-0.1, -0.05) is 58.6 Å². The number of rotatable bonds is 8. The van der Waals surface area contributed by atoms with Gasteiger partial charge in [0.1, 0.15) is 35.1 Å². The Morgan fingerprint density at radius 2 is 1.23 bits per heavy atom. The second-order valence-electron chi connectivity index (χ2n) is 15.4. The van der Waals surface area contributed by atoms with Gasteiger partial charge in [0.25, 0.3) is 0 Å². The molecule has 0 spiro atoms. The number of nitrogens with one attached hydrogen (secondary N) is 4. The molecule has 4 heterocycles. The maximum Gasteiger partial charge on any atom is 0.407 e. The monoisotopic (exact) mass is 774 g/mol. The number of aromatic amines is 2. The van der Waals surface area contributed by atoms with Gasteiger partial charge in [0.05, 0.1) is 26.3 Å². The van der Waals surface area contributed by atoms with E-state index in [-0.39, 0.29) is 41.7 Å². The summed E-state index contributed by atoms with van der Waals surface area (Å²) in [6, 6.07) is 10.1. The van der Waals surface area contributed by atoms with Gasteiger partial charge >= 0.3 is 12.2 Å². The normalized spacial score (nSPS) is 18.7. The van der Waals surface area contributed by atoms with Crippen LogP contribution in [-0.2, 0) is 19.1 Å². The van der Waals surface area contributed by atoms with Crippen molar-refractivity contribution in [3.8, 4) is 23.7 Å². The van der Waals surface area contributed by atoms with Gasteiger partial charge in [0.2, 0.25) is 11.8 Å². The number of alkyl carbamates (subject to hydrolysis) is 2. The molecule has 0 radical (unpaired) electrons. The van der Waals surface area contributed by atoms with E-state index < -0.39 is 24.3 Å². The third kappa shape index (κ3) is 9.41. The fourth-order valence-electron chi connectivity index (χ4n) is 7.44. The van der Waals surface area contributed by atoms with E-state index in [4.69, 9.17) is 19.4 Å². The number of imidazole rings is 2. The van der Waals surface area contributed by atoms with Crippen molar-refractivity contribution in [1.82, 2.24) is 40.4 Å². The Hall–Kier alpha value is -6.28. The lowest BCUT2D eigenvalue weighted by Crippen LogP contribution is -2.51. The zero-order valence-corrected chi connectivity index (χ0v) is 33.4. The van der Waals surface area contributed by atoms with Gasteiger partial charge in [-0.25, -0.2) is 19.6 Å². The summed E-state index contributed by atoms with van der Waals surface area (Å²) in [5, 5.41) is 7.39. The van der Waals surface area contributed by atoms with Crippen molar-refractivity contribution in [2.24, 2.45) is 17.8 Å². The minimum absolute atomic E-state index is 0.115. The minimum Gasteiger partial charge on any atom is -0.453 e. The molecule has 2 aromatic heterocycles. The Labute approximate surface area is 332 Å². The number of H-pyrrole nitrogens is 2. The highest BCUT2D eigenvalue weighted by atomic mass is 16.5. The molecule has 0 aliphatic carbocycles. The fourth-order valence-corrected chi connectivity index (χ4v) is 7.44. The average molecular weight is 775 g/mol. The Balaban J connectivity index is 1.11. The van der Waals surface area contributed by atoms with Crippen molar-refractivity contribution in [1.29, 1.82) is 0 Å². The van der Waals surface area contributed by atoms with Gasteiger partial charge in [-0.3, -0.25) is 9.59 Å². The molecule has 4 N–H and O–H groups in total. The zero-order valence-electron chi connectivity index (χ0n) is 33.4. The lowest BCUT2D eigenvalue weighted by atomic mass is 10.0. The predicted molar refractivity (Wildman–Crippen MR) is 213 cm³/mol. The second-order valence-corrected chi connectivity index (χ2v) is 15.4. The van der Waals surface area contributed by atoms with Crippen molar-refractivity contribution in [2.45, 2.75) is 78.0 Å². The van der Waals surface area contributed by atoms with Crippen molar-refractivity contribution in [3.05, 3.63) is 83.0 Å². The standard InChI is InChI=1S/C43H50N8O6/c1-25(2)36(48-42(54)56-6)40(52)50-18-8-9-34(50)38-44-22-32(46-38)16-12-28-10-14-31-21-29(11-15-30(31)20-28)13-17-33-23-45-39(47-33)35-19-27(5)24-51(35)41(53)37(26(3)4)49-43(55)57-7/h10-11,14-15,20-23,25-27,34-37H,8-9,18-19,24H2,1-7H3,(H,44,46)(H,45,47)(H,48,54)(H,49,55)/t27-,34-,35-,36-,37-/m0/s1. The number of aromatic nitrogens is 4. The van der Waals surface area contributed by atoms with Crippen molar-refractivity contribution in [2.75, 3.05) is 27.3 Å². The number of fused-ring (bicyclic) bond motifs is 1. The van der Waals surface area contributed by atoms with Crippen LogP contribution in [0, 0.1) is 41.4 Å². The van der Waals surface area contributed by atoms with Crippen LogP contribution in [0.15, 0.2) is 48.8 Å². The van der Waals surface area contributed by atoms with Crippen LogP contribution < -0.4 is 10.6 Å². The average Bonchev–Trinajstić information content (AvgIpc) is 4.03. The number of carbonyl (C=O) groups excluding carboxylic acids is 4. The Kier molecular flexibility index (Phi) is 12.5. The van der Waals surface area contributed by atoms with E-state index in [0.717, 1.165) is 41.2 Å². The van der Waals surface area contributed by atoms with Crippen molar-refractivity contribution >= 4 is 34.8 Å². The summed E-state index contributed by atoms with van der Waals surface area (Å²) >= 11 is 0. The quantitative estimate of drug-likeness (QED) is 0.172. The lowest BCUT2D eigenvalue weighted by Gasteiger charge is -2.30. The molecular formula is C43H50N8O6. The maximum absolute atomic E-state index is 13.6. The van der Waals surface area contributed by atoms with E-state index in [0.29, 0.717) is 36.1 Å². The van der Waals surface area contributed by atoms with Gasteiger partial charge in [-0.2, -0.15) is 0 Å². The molecule has 0 bridgehead atoms. The topological polar surface area (TPSA) is 175 Å². The van der Waals surface area contributed by atoms with E-state index in [1.165, 1.54) is 14.2 Å². The van der Waals surface area contributed by atoms with E-state index in [1.807, 2.05) is 64.1 Å². The first-order valence-corrected chi connectivity index (χ1v) is 19.3. The highest BCUT2D eigenvalue weighted by Crippen LogP contribution is 2.35. The number of nitrogens with zero attached hydrogens (tertiary/aromatic N) is 4. The fraction of sp³-hybridized carbons (Fsp3) is 0.442. The number of ether oxygens (including phenoxy) is 2. The second kappa shape index (κ2) is 17.7. The summed E-state index contributed by atoms with van der Waals surface area (Å²) in [6.07, 6.45) is 4.57. The first-order valence-electron chi connectivity index (χ1n) is 19.3. The molecule has 4 amide bonds.